The van der Waals surface area contributed by atoms with Gasteiger partial charge in [0, 0.05) is 32.1 Å². The summed E-state index contributed by atoms with van der Waals surface area (Å²) in [5.41, 5.74) is 0.836. The molecule has 114 valence electrons. The monoisotopic (exact) mass is 301 g/mol. The van der Waals surface area contributed by atoms with Gasteiger partial charge in [-0.2, -0.15) is 0 Å². The van der Waals surface area contributed by atoms with Crippen LogP contribution >= 0.6 is 0 Å². The SMILES string of the molecule is CN(Cc1cccnc1)C(=O)COc1cccc([N+](=O)[O-])c1. The van der Waals surface area contributed by atoms with E-state index < -0.39 is 4.92 Å². The smallest absolute Gasteiger partial charge is 0.273 e. The predicted octanol–water partition coefficient (Wildman–Crippen LogP) is 2.03. The molecule has 0 radical (unpaired) electrons. The first-order valence-electron chi connectivity index (χ1n) is 6.56. The fraction of sp³-hybridized carbons (Fsp3) is 0.200. The second-order valence-electron chi connectivity index (χ2n) is 4.65. The van der Waals surface area contributed by atoms with Crippen LogP contribution in [0.3, 0.4) is 0 Å². The number of aromatic nitrogens is 1. The summed E-state index contributed by atoms with van der Waals surface area (Å²) < 4.78 is 5.31. The molecule has 0 aliphatic heterocycles. The van der Waals surface area contributed by atoms with Crippen LogP contribution in [0, 0.1) is 10.1 Å². The van der Waals surface area contributed by atoms with Gasteiger partial charge in [-0.25, -0.2) is 0 Å². The largest absolute Gasteiger partial charge is 0.484 e. The summed E-state index contributed by atoms with van der Waals surface area (Å²) >= 11 is 0. The number of amides is 1. The summed E-state index contributed by atoms with van der Waals surface area (Å²) in [6, 6.07) is 9.40. The molecule has 0 saturated heterocycles. The van der Waals surface area contributed by atoms with Crippen LogP contribution < -0.4 is 4.74 Å². The first kappa shape index (κ1) is 15.4. The molecule has 0 N–H and O–H groups in total. The molecule has 0 spiro atoms. The standard InChI is InChI=1S/C15H15N3O4/c1-17(10-12-4-3-7-16-9-12)15(19)11-22-14-6-2-5-13(8-14)18(20)21/h2-9H,10-11H2,1H3. The number of pyridine rings is 1. The topological polar surface area (TPSA) is 85.6 Å². The van der Waals surface area contributed by atoms with Crippen molar-refractivity contribution in [3.8, 4) is 5.75 Å². The quantitative estimate of drug-likeness (QED) is 0.602. The Kier molecular flexibility index (Phi) is 5.02. The predicted molar refractivity (Wildman–Crippen MR) is 79.3 cm³/mol. The Morgan fingerprint density at radius 1 is 1.36 bits per heavy atom. The number of carbonyl (C=O) groups excluding carboxylic acids is 1. The third-order valence-electron chi connectivity index (χ3n) is 2.96. The van der Waals surface area contributed by atoms with Crippen LogP contribution in [0.25, 0.3) is 0 Å². The Balaban J connectivity index is 1.89. The Hall–Kier alpha value is -2.96. The lowest BCUT2D eigenvalue weighted by molar-refractivity contribution is -0.384. The summed E-state index contributed by atoms with van der Waals surface area (Å²) in [7, 11) is 1.66. The fourth-order valence-electron chi connectivity index (χ4n) is 1.80. The minimum absolute atomic E-state index is 0.0753. The van der Waals surface area contributed by atoms with Gasteiger partial charge in [-0.15, -0.1) is 0 Å². The van der Waals surface area contributed by atoms with Crippen LogP contribution in [-0.4, -0.2) is 34.4 Å². The van der Waals surface area contributed by atoms with Crippen LogP contribution in [-0.2, 0) is 11.3 Å². The van der Waals surface area contributed by atoms with Crippen molar-refractivity contribution in [2.24, 2.45) is 0 Å². The molecule has 0 aliphatic rings. The summed E-state index contributed by atoms with van der Waals surface area (Å²) in [5, 5.41) is 10.7. The highest BCUT2D eigenvalue weighted by Crippen LogP contribution is 2.19. The highest BCUT2D eigenvalue weighted by atomic mass is 16.6. The zero-order chi connectivity index (χ0) is 15.9. The summed E-state index contributed by atoms with van der Waals surface area (Å²) in [4.78, 5) is 27.6. The molecule has 1 aromatic heterocycles. The molecule has 0 atom stereocenters. The van der Waals surface area contributed by atoms with Gasteiger partial charge in [-0.1, -0.05) is 12.1 Å². The van der Waals surface area contributed by atoms with Crippen molar-refractivity contribution in [1.29, 1.82) is 0 Å². The summed E-state index contributed by atoms with van der Waals surface area (Å²) in [6.45, 7) is 0.239. The van der Waals surface area contributed by atoms with Crippen molar-refractivity contribution < 1.29 is 14.5 Å². The fourth-order valence-corrected chi connectivity index (χ4v) is 1.80. The van der Waals surface area contributed by atoms with Gasteiger partial charge in [0.05, 0.1) is 11.0 Å². The van der Waals surface area contributed by atoms with Gasteiger partial charge in [0.1, 0.15) is 5.75 Å². The number of rotatable bonds is 6. The second kappa shape index (κ2) is 7.16. The molecule has 2 rings (SSSR count). The van der Waals surface area contributed by atoms with Crippen molar-refractivity contribution in [3.63, 3.8) is 0 Å². The number of carbonyl (C=O) groups is 1. The lowest BCUT2D eigenvalue weighted by Crippen LogP contribution is -2.30. The molecule has 1 aromatic carbocycles. The van der Waals surface area contributed by atoms with Crippen molar-refractivity contribution in [2.45, 2.75) is 6.54 Å². The summed E-state index contributed by atoms with van der Waals surface area (Å²) in [6.07, 6.45) is 3.35. The Morgan fingerprint density at radius 2 is 2.18 bits per heavy atom. The number of nitro groups is 1. The average molecular weight is 301 g/mol. The van der Waals surface area contributed by atoms with Crippen LogP contribution in [0.1, 0.15) is 5.56 Å². The maximum atomic E-state index is 12.0. The van der Waals surface area contributed by atoms with Gasteiger partial charge in [0.25, 0.3) is 11.6 Å². The van der Waals surface area contributed by atoms with E-state index in [1.807, 2.05) is 6.07 Å². The van der Waals surface area contributed by atoms with E-state index in [1.165, 1.54) is 23.1 Å². The van der Waals surface area contributed by atoms with E-state index in [9.17, 15) is 14.9 Å². The number of likely N-dealkylation sites (N-methyl/N-ethyl adjacent to an activating group) is 1. The van der Waals surface area contributed by atoms with Gasteiger partial charge in [-0.3, -0.25) is 19.9 Å². The highest BCUT2D eigenvalue weighted by molar-refractivity contribution is 5.77. The molecular formula is C15H15N3O4. The normalized spacial score (nSPS) is 10.0. The maximum absolute atomic E-state index is 12.0. The maximum Gasteiger partial charge on any atom is 0.273 e. The van der Waals surface area contributed by atoms with Crippen LogP contribution in [0.5, 0.6) is 5.75 Å². The number of hydrogen-bond donors (Lipinski definition) is 0. The molecule has 7 nitrogen and oxygen atoms in total. The van der Waals surface area contributed by atoms with E-state index in [1.54, 1.807) is 31.6 Å². The van der Waals surface area contributed by atoms with Crippen molar-refractivity contribution in [2.75, 3.05) is 13.7 Å². The Bertz CT molecular complexity index is 661. The lowest BCUT2D eigenvalue weighted by atomic mass is 10.3. The zero-order valence-corrected chi connectivity index (χ0v) is 12.0. The van der Waals surface area contributed by atoms with Gasteiger partial charge >= 0.3 is 0 Å². The van der Waals surface area contributed by atoms with Crippen molar-refractivity contribution in [3.05, 3.63) is 64.5 Å². The number of non-ortho nitro benzene ring substituents is 1. The number of hydrogen-bond acceptors (Lipinski definition) is 5. The number of benzene rings is 1. The molecule has 0 bridgehead atoms. The molecule has 0 unspecified atom stereocenters. The zero-order valence-electron chi connectivity index (χ0n) is 12.0. The van der Waals surface area contributed by atoms with Crippen molar-refractivity contribution in [1.82, 2.24) is 9.88 Å². The Labute approximate surface area is 127 Å². The molecule has 0 saturated carbocycles. The van der Waals surface area contributed by atoms with Gasteiger partial charge in [-0.05, 0) is 17.7 Å². The minimum atomic E-state index is -0.511. The highest BCUT2D eigenvalue weighted by Gasteiger charge is 2.12. The number of ether oxygens (including phenoxy) is 1. The van der Waals surface area contributed by atoms with Crippen LogP contribution in [0.15, 0.2) is 48.8 Å². The van der Waals surface area contributed by atoms with E-state index in [0.29, 0.717) is 6.54 Å². The second-order valence-corrected chi connectivity index (χ2v) is 4.65. The average Bonchev–Trinajstić information content (AvgIpc) is 2.53. The van der Waals surface area contributed by atoms with Crippen LogP contribution in [0.2, 0.25) is 0 Å². The molecule has 2 aromatic rings. The van der Waals surface area contributed by atoms with E-state index >= 15 is 0 Å². The van der Waals surface area contributed by atoms with Gasteiger partial charge in [0.15, 0.2) is 6.61 Å². The van der Waals surface area contributed by atoms with E-state index in [2.05, 4.69) is 4.98 Å². The lowest BCUT2D eigenvalue weighted by Gasteiger charge is -2.17. The first-order chi connectivity index (χ1) is 10.6. The number of nitro benzene ring substituents is 1. The van der Waals surface area contributed by atoms with Crippen molar-refractivity contribution >= 4 is 11.6 Å². The summed E-state index contributed by atoms with van der Waals surface area (Å²) in [5.74, 6) is 0.0627. The first-order valence-corrected chi connectivity index (χ1v) is 6.56. The molecule has 1 heterocycles. The molecule has 1 amide bonds. The van der Waals surface area contributed by atoms with E-state index in [4.69, 9.17) is 4.74 Å². The Morgan fingerprint density at radius 3 is 2.86 bits per heavy atom. The van der Waals surface area contributed by atoms with Crippen LogP contribution in [0.4, 0.5) is 5.69 Å². The number of nitrogens with zero attached hydrogens (tertiary/aromatic N) is 3. The minimum Gasteiger partial charge on any atom is -0.484 e. The molecule has 22 heavy (non-hydrogen) atoms. The van der Waals surface area contributed by atoms with Gasteiger partial charge < -0.3 is 9.64 Å². The molecule has 0 fully saturated rings. The van der Waals surface area contributed by atoms with E-state index in [0.717, 1.165) is 5.56 Å². The third-order valence-corrected chi connectivity index (χ3v) is 2.96. The van der Waals surface area contributed by atoms with Gasteiger partial charge in [0.2, 0.25) is 0 Å². The third kappa shape index (κ3) is 4.27. The molecule has 0 aliphatic carbocycles. The van der Waals surface area contributed by atoms with E-state index in [-0.39, 0.29) is 24.0 Å². The molecular weight excluding hydrogens is 286 g/mol. The molecule has 7 heteroatoms.